The Labute approximate surface area is 104 Å². The van der Waals surface area contributed by atoms with Gasteiger partial charge in [-0.25, -0.2) is 4.68 Å². The van der Waals surface area contributed by atoms with Gasteiger partial charge in [0, 0.05) is 16.8 Å². The molecule has 1 aromatic heterocycles. The number of nitrogen functional groups attached to an aromatic ring is 1. The van der Waals surface area contributed by atoms with Crippen molar-refractivity contribution in [2.24, 2.45) is 0 Å². The number of aromatic amines is 1. The molecule has 3 N–H and O–H groups in total. The van der Waals surface area contributed by atoms with E-state index in [2.05, 4.69) is 5.10 Å². The summed E-state index contributed by atoms with van der Waals surface area (Å²) < 4.78 is 1.32. The third-order valence-electron chi connectivity index (χ3n) is 3.03. The topological polar surface area (TPSA) is 80.9 Å². The molecule has 1 heterocycles. The van der Waals surface area contributed by atoms with Gasteiger partial charge in [0.15, 0.2) is 0 Å². The van der Waals surface area contributed by atoms with Gasteiger partial charge < -0.3 is 5.73 Å². The third kappa shape index (κ3) is 2.20. The lowest BCUT2D eigenvalue weighted by Crippen LogP contribution is -2.33. The summed E-state index contributed by atoms with van der Waals surface area (Å²) in [7, 11) is 0. The average molecular weight is 245 g/mol. The van der Waals surface area contributed by atoms with Crippen molar-refractivity contribution in [3.05, 3.63) is 61.7 Å². The van der Waals surface area contributed by atoms with Crippen molar-refractivity contribution in [1.29, 1.82) is 0 Å². The van der Waals surface area contributed by atoms with Crippen LogP contribution >= 0.6 is 0 Å². The molecule has 0 aliphatic carbocycles. The van der Waals surface area contributed by atoms with E-state index in [1.165, 1.54) is 4.68 Å². The van der Waals surface area contributed by atoms with Gasteiger partial charge in [0.1, 0.15) is 0 Å². The normalized spacial score (nSPS) is 10.6. The first-order valence-corrected chi connectivity index (χ1v) is 5.64. The Hall–Kier alpha value is -2.30. The van der Waals surface area contributed by atoms with E-state index in [-0.39, 0.29) is 11.1 Å². The highest BCUT2D eigenvalue weighted by Gasteiger charge is 2.07. The SMILES string of the molecule is Cc1c(C)c(=O)n(Cc2ccc(N)cc2)[nH]c1=O. The number of nitrogens with two attached hydrogens (primary N) is 1. The summed E-state index contributed by atoms with van der Waals surface area (Å²) in [5.74, 6) is 0. The van der Waals surface area contributed by atoms with E-state index in [1.54, 1.807) is 26.0 Å². The summed E-state index contributed by atoms with van der Waals surface area (Å²) in [6.45, 7) is 3.63. The molecule has 18 heavy (non-hydrogen) atoms. The molecule has 0 aliphatic rings. The summed E-state index contributed by atoms with van der Waals surface area (Å²) in [6, 6.07) is 7.18. The molecular weight excluding hydrogens is 230 g/mol. The van der Waals surface area contributed by atoms with Crippen molar-refractivity contribution in [3.8, 4) is 0 Å². The predicted molar refractivity (Wildman–Crippen MR) is 70.8 cm³/mol. The smallest absolute Gasteiger partial charge is 0.268 e. The monoisotopic (exact) mass is 245 g/mol. The summed E-state index contributed by atoms with van der Waals surface area (Å²) in [5.41, 5.74) is 7.70. The van der Waals surface area contributed by atoms with E-state index in [1.807, 2.05) is 12.1 Å². The van der Waals surface area contributed by atoms with Crippen LogP contribution in [0.4, 0.5) is 5.69 Å². The van der Waals surface area contributed by atoms with E-state index >= 15 is 0 Å². The van der Waals surface area contributed by atoms with Gasteiger partial charge in [0.2, 0.25) is 0 Å². The van der Waals surface area contributed by atoms with Crippen LogP contribution in [0.15, 0.2) is 33.9 Å². The predicted octanol–water partition coefficient (Wildman–Crippen LogP) is 0.784. The van der Waals surface area contributed by atoms with Crippen LogP contribution in [-0.2, 0) is 6.54 Å². The molecule has 2 aromatic rings. The van der Waals surface area contributed by atoms with E-state index in [9.17, 15) is 9.59 Å². The maximum absolute atomic E-state index is 12.0. The summed E-state index contributed by atoms with van der Waals surface area (Å²) in [5, 5.41) is 2.57. The first-order valence-electron chi connectivity index (χ1n) is 5.64. The molecule has 0 spiro atoms. The fraction of sp³-hybridized carbons (Fsp3) is 0.231. The number of aromatic nitrogens is 2. The molecule has 0 saturated heterocycles. The lowest BCUT2D eigenvalue weighted by atomic mass is 10.2. The fourth-order valence-electron chi connectivity index (χ4n) is 1.71. The van der Waals surface area contributed by atoms with Crippen LogP contribution in [-0.4, -0.2) is 9.78 Å². The maximum Gasteiger partial charge on any atom is 0.268 e. The average Bonchev–Trinajstić information content (AvgIpc) is 2.36. The van der Waals surface area contributed by atoms with E-state index in [0.29, 0.717) is 23.4 Å². The van der Waals surface area contributed by atoms with E-state index < -0.39 is 0 Å². The van der Waals surface area contributed by atoms with Crippen molar-refractivity contribution in [2.75, 3.05) is 5.73 Å². The molecule has 5 heteroatoms. The second kappa shape index (κ2) is 4.52. The number of hydrogen-bond acceptors (Lipinski definition) is 3. The summed E-state index contributed by atoms with van der Waals surface area (Å²) in [4.78, 5) is 23.6. The van der Waals surface area contributed by atoms with Crippen LogP contribution in [0.5, 0.6) is 0 Å². The van der Waals surface area contributed by atoms with Gasteiger partial charge in [-0.1, -0.05) is 12.1 Å². The second-order valence-corrected chi connectivity index (χ2v) is 4.32. The van der Waals surface area contributed by atoms with Gasteiger partial charge in [-0.05, 0) is 31.5 Å². The Bertz CT molecular complexity index is 681. The number of H-pyrrole nitrogens is 1. The van der Waals surface area contributed by atoms with E-state index in [4.69, 9.17) is 5.73 Å². The highest BCUT2D eigenvalue weighted by Crippen LogP contribution is 2.06. The standard InChI is InChI=1S/C13H15N3O2/c1-8-9(2)13(18)16(15-12(8)17)7-10-3-5-11(14)6-4-10/h3-6H,7,14H2,1-2H3,(H,15,17). The number of hydrogen-bond donors (Lipinski definition) is 2. The van der Waals surface area contributed by atoms with Gasteiger partial charge in [0.05, 0.1) is 6.54 Å². The highest BCUT2D eigenvalue weighted by molar-refractivity contribution is 5.39. The number of nitrogens with zero attached hydrogens (tertiary/aromatic N) is 1. The molecule has 0 amide bonds. The molecular formula is C13H15N3O2. The summed E-state index contributed by atoms with van der Waals surface area (Å²) in [6.07, 6.45) is 0. The van der Waals surface area contributed by atoms with Gasteiger partial charge in [-0.2, -0.15) is 0 Å². The van der Waals surface area contributed by atoms with Crippen LogP contribution < -0.4 is 16.9 Å². The Morgan fingerprint density at radius 3 is 2.33 bits per heavy atom. The van der Waals surface area contributed by atoms with Crippen LogP contribution in [0.2, 0.25) is 0 Å². The number of nitrogens with one attached hydrogen (secondary N) is 1. The third-order valence-corrected chi connectivity index (χ3v) is 3.03. The first kappa shape index (κ1) is 12.2. The highest BCUT2D eigenvalue weighted by atomic mass is 16.2. The molecule has 0 atom stereocenters. The minimum atomic E-state index is -0.234. The maximum atomic E-state index is 12.0. The first-order chi connectivity index (χ1) is 8.49. The lowest BCUT2D eigenvalue weighted by Gasteiger charge is -2.08. The van der Waals surface area contributed by atoms with Crippen molar-refractivity contribution in [2.45, 2.75) is 20.4 Å². The Kier molecular flexibility index (Phi) is 3.06. The zero-order valence-corrected chi connectivity index (χ0v) is 10.4. The van der Waals surface area contributed by atoms with Crippen LogP contribution in [0, 0.1) is 13.8 Å². The quantitative estimate of drug-likeness (QED) is 0.767. The van der Waals surface area contributed by atoms with Crippen molar-refractivity contribution in [1.82, 2.24) is 9.78 Å². The zero-order chi connectivity index (χ0) is 13.3. The van der Waals surface area contributed by atoms with Gasteiger partial charge in [-0.15, -0.1) is 0 Å². The fourth-order valence-corrected chi connectivity index (χ4v) is 1.71. The van der Waals surface area contributed by atoms with Crippen LogP contribution in [0.25, 0.3) is 0 Å². The Morgan fingerprint density at radius 2 is 1.72 bits per heavy atom. The Balaban J connectivity index is 2.44. The Morgan fingerprint density at radius 1 is 1.11 bits per heavy atom. The number of anilines is 1. The second-order valence-electron chi connectivity index (χ2n) is 4.32. The van der Waals surface area contributed by atoms with Gasteiger partial charge in [-0.3, -0.25) is 14.7 Å². The van der Waals surface area contributed by atoms with Crippen molar-refractivity contribution >= 4 is 5.69 Å². The van der Waals surface area contributed by atoms with Gasteiger partial charge in [0.25, 0.3) is 11.1 Å². The molecule has 0 saturated carbocycles. The van der Waals surface area contributed by atoms with Crippen LogP contribution in [0.3, 0.4) is 0 Å². The number of rotatable bonds is 2. The molecule has 0 radical (unpaired) electrons. The molecule has 0 fully saturated rings. The number of benzene rings is 1. The molecule has 1 aromatic carbocycles. The lowest BCUT2D eigenvalue weighted by molar-refractivity contribution is 0.618. The van der Waals surface area contributed by atoms with E-state index in [0.717, 1.165) is 5.56 Å². The van der Waals surface area contributed by atoms with Crippen LogP contribution in [0.1, 0.15) is 16.7 Å². The molecule has 5 nitrogen and oxygen atoms in total. The largest absolute Gasteiger partial charge is 0.399 e. The van der Waals surface area contributed by atoms with Crippen molar-refractivity contribution in [3.63, 3.8) is 0 Å². The molecule has 0 unspecified atom stereocenters. The van der Waals surface area contributed by atoms with Crippen molar-refractivity contribution < 1.29 is 0 Å². The molecule has 94 valence electrons. The minimum absolute atomic E-state index is 0.177. The molecule has 0 bridgehead atoms. The molecule has 2 rings (SSSR count). The minimum Gasteiger partial charge on any atom is -0.399 e. The summed E-state index contributed by atoms with van der Waals surface area (Å²) >= 11 is 0. The van der Waals surface area contributed by atoms with Gasteiger partial charge >= 0.3 is 0 Å². The zero-order valence-electron chi connectivity index (χ0n) is 10.4. The molecule has 0 aliphatic heterocycles.